The molecule has 0 bridgehead atoms. The minimum atomic E-state index is -5.71. The summed E-state index contributed by atoms with van der Waals surface area (Å²) in [6.45, 7) is 3.27. The molecule has 0 aromatic heterocycles. The van der Waals surface area contributed by atoms with Crippen molar-refractivity contribution in [1.82, 2.24) is 0 Å². The molecule has 9 heteroatoms. The van der Waals surface area contributed by atoms with E-state index in [0.29, 0.717) is 11.1 Å². The van der Waals surface area contributed by atoms with Gasteiger partial charge in [0.2, 0.25) is 5.71 Å². The molecule has 27 heavy (non-hydrogen) atoms. The SMILES string of the molecule is Cc1cccc(C)c1N=C(N=C(C(F)(F)F)C(F)(F)F)c1ccccc1Cl. The standard InChI is InChI=1S/C18H13ClF6N2/c1-10-6-5-7-11(2)14(10)26-15(12-8-3-4-9-13(12)19)27-16(17(20,21)22)18(23,24)25/h3-9H,1-2H3. The van der Waals surface area contributed by atoms with Crippen molar-refractivity contribution in [3.63, 3.8) is 0 Å². The van der Waals surface area contributed by atoms with Gasteiger partial charge in [-0.1, -0.05) is 41.9 Å². The molecule has 0 unspecified atom stereocenters. The highest BCUT2D eigenvalue weighted by Crippen LogP contribution is 2.32. The van der Waals surface area contributed by atoms with Gasteiger partial charge < -0.3 is 0 Å². The van der Waals surface area contributed by atoms with E-state index in [-0.39, 0.29) is 16.3 Å². The predicted molar refractivity (Wildman–Crippen MR) is 93.1 cm³/mol. The van der Waals surface area contributed by atoms with Crippen LogP contribution in [0.1, 0.15) is 16.7 Å². The maximum atomic E-state index is 13.0. The summed E-state index contributed by atoms with van der Waals surface area (Å²) in [7, 11) is 0. The summed E-state index contributed by atoms with van der Waals surface area (Å²) in [4.78, 5) is 6.86. The van der Waals surface area contributed by atoms with E-state index >= 15 is 0 Å². The fourth-order valence-electron chi connectivity index (χ4n) is 2.27. The van der Waals surface area contributed by atoms with Gasteiger partial charge in [0.05, 0.1) is 10.7 Å². The number of halogens is 7. The van der Waals surface area contributed by atoms with Crippen LogP contribution in [-0.2, 0) is 0 Å². The maximum absolute atomic E-state index is 13.0. The van der Waals surface area contributed by atoms with Gasteiger partial charge in [-0.15, -0.1) is 0 Å². The zero-order valence-electron chi connectivity index (χ0n) is 14.1. The largest absolute Gasteiger partial charge is 0.438 e. The fraction of sp³-hybridized carbons (Fsp3) is 0.222. The molecule has 0 saturated carbocycles. The van der Waals surface area contributed by atoms with Gasteiger partial charge in [0, 0.05) is 5.56 Å². The average Bonchev–Trinajstić information content (AvgIpc) is 2.52. The molecule has 2 rings (SSSR count). The van der Waals surface area contributed by atoms with Gasteiger partial charge in [-0.05, 0) is 37.1 Å². The first kappa shape index (κ1) is 21.0. The zero-order chi connectivity index (χ0) is 20.4. The molecule has 2 aromatic carbocycles. The van der Waals surface area contributed by atoms with Crippen LogP contribution in [0.25, 0.3) is 0 Å². The summed E-state index contributed by atoms with van der Waals surface area (Å²) in [5.74, 6) is -0.775. The van der Waals surface area contributed by atoms with Gasteiger partial charge in [-0.3, -0.25) is 0 Å². The molecule has 0 heterocycles. The second kappa shape index (κ2) is 7.72. The number of nitrogens with zero attached hydrogens (tertiary/aromatic N) is 2. The first-order valence-electron chi connectivity index (χ1n) is 7.54. The molecule has 0 aliphatic heterocycles. The van der Waals surface area contributed by atoms with Crippen molar-refractivity contribution in [3.8, 4) is 0 Å². The summed E-state index contributed by atoms with van der Waals surface area (Å²) in [6, 6.07) is 10.4. The summed E-state index contributed by atoms with van der Waals surface area (Å²) in [6.07, 6.45) is -11.4. The zero-order valence-corrected chi connectivity index (χ0v) is 14.8. The third kappa shape index (κ3) is 5.09. The Morgan fingerprint density at radius 3 is 1.81 bits per heavy atom. The van der Waals surface area contributed by atoms with Crippen molar-refractivity contribution in [2.75, 3.05) is 0 Å². The number of hydrogen-bond donors (Lipinski definition) is 0. The van der Waals surface area contributed by atoms with Crippen LogP contribution in [-0.4, -0.2) is 23.9 Å². The van der Waals surface area contributed by atoms with Crippen molar-refractivity contribution in [2.24, 2.45) is 9.98 Å². The minimum absolute atomic E-state index is 0.0741. The third-order valence-corrected chi connectivity index (χ3v) is 3.86. The predicted octanol–water partition coefficient (Wildman–Crippen LogP) is 6.60. The number of aryl methyl sites for hydroxylation is 2. The summed E-state index contributed by atoms with van der Waals surface area (Å²) >= 11 is 5.96. The molecule has 0 spiro atoms. The van der Waals surface area contributed by atoms with Crippen molar-refractivity contribution < 1.29 is 26.3 Å². The Balaban J connectivity index is 2.81. The molecule has 2 nitrogen and oxygen atoms in total. The quantitative estimate of drug-likeness (QED) is 0.305. The van der Waals surface area contributed by atoms with Crippen LogP contribution in [0.15, 0.2) is 52.4 Å². The van der Waals surface area contributed by atoms with Crippen LogP contribution in [0.4, 0.5) is 32.0 Å². The lowest BCUT2D eigenvalue weighted by molar-refractivity contribution is -0.117. The van der Waals surface area contributed by atoms with Crippen LogP contribution in [0.2, 0.25) is 5.02 Å². The maximum Gasteiger partial charge on any atom is 0.438 e. The topological polar surface area (TPSA) is 24.7 Å². The molecule has 144 valence electrons. The van der Waals surface area contributed by atoms with E-state index in [1.54, 1.807) is 32.0 Å². The first-order valence-corrected chi connectivity index (χ1v) is 7.92. The molecule has 0 N–H and O–H groups in total. The molecule has 2 aromatic rings. The van der Waals surface area contributed by atoms with E-state index in [1.165, 1.54) is 24.3 Å². The second-order valence-corrected chi connectivity index (χ2v) is 6.02. The molecule has 0 radical (unpaired) electrons. The number of para-hydroxylation sites is 1. The average molecular weight is 407 g/mol. The number of benzene rings is 2. The van der Waals surface area contributed by atoms with Crippen LogP contribution in [0, 0.1) is 13.8 Å². The molecule has 0 atom stereocenters. The second-order valence-electron chi connectivity index (χ2n) is 5.61. The van der Waals surface area contributed by atoms with Gasteiger partial charge in [-0.2, -0.15) is 26.3 Å². The highest BCUT2D eigenvalue weighted by Gasteiger charge is 2.53. The molecule has 0 aliphatic rings. The Morgan fingerprint density at radius 1 is 0.815 bits per heavy atom. The summed E-state index contributed by atoms with van der Waals surface area (Å²) in [5.41, 5.74) is -1.70. The van der Waals surface area contributed by atoms with Crippen LogP contribution in [0.5, 0.6) is 0 Å². The summed E-state index contributed by atoms with van der Waals surface area (Å²) in [5, 5.41) is -0.0741. The molecule has 0 aliphatic carbocycles. The van der Waals surface area contributed by atoms with E-state index in [4.69, 9.17) is 11.6 Å². The molecule has 0 saturated heterocycles. The summed E-state index contributed by atoms with van der Waals surface area (Å²) < 4.78 is 77.7. The van der Waals surface area contributed by atoms with E-state index in [0.717, 1.165) is 0 Å². The Hall–Kier alpha value is -2.35. The van der Waals surface area contributed by atoms with Gasteiger partial charge in [0.1, 0.15) is 0 Å². The van der Waals surface area contributed by atoms with Gasteiger partial charge in [0.15, 0.2) is 5.84 Å². The lowest BCUT2D eigenvalue weighted by Gasteiger charge is -2.15. The van der Waals surface area contributed by atoms with Crippen LogP contribution in [0.3, 0.4) is 0 Å². The van der Waals surface area contributed by atoms with Crippen LogP contribution >= 0.6 is 11.6 Å². The lowest BCUT2D eigenvalue weighted by Crippen LogP contribution is -2.37. The highest BCUT2D eigenvalue weighted by atomic mass is 35.5. The smallest absolute Gasteiger partial charge is 0.228 e. The van der Waals surface area contributed by atoms with E-state index in [1.807, 2.05) is 0 Å². The van der Waals surface area contributed by atoms with E-state index in [2.05, 4.69) is 9.98 Å². The van der Waals surface area contributed by atoms with Crippen molar-refractivity contribution >= 4 is 28.8 Å². The molecular formula is C18H13ClF6N2. The number of rotatable bonds is 2. The molecule has 0 fully saturated rings. The normalized spacial score (nSPS) is 12.9. The van der Waals surface area contributed by atoms with Gasteiger partial charge >= 0.3 is 12.4 Å². The third-order valence-electron chi connectivity index (χ3n) is 3.53. The van der Waals surface area contributed by atoms with Crippen LogP contribution < -0.4 is 0 Å². The van der Waals surface area contributed by atoms with E-state index in [9.17, 15) is 26.3 Å². The Labute approximate surface area is 156 Å². The lowest BCUT2D eigenvalue weighted by atomic mass is 10.1. The van der Waals surface area contributed by atoms with Crippen molar-refractivity contribution in [2.45, 2.75) is 26.2 Å². The van der Waals surface area contributed by atoms with Crippen molar-refractivity contribution in [1.29, 1.82) is 0 Å². The Morgan fingerprint density at radius 2 is 1.33 bits per heavy atom. The number of amidine groups is 1. The molecule has 0 amide bonds. The Bertz CT molecular complexity index is 861. The van der Waals surface area contributed by atoms with Crippen molar-refractivity contribution in [3.05, 3.63) is 64.2 Å². The number of alkyl halides is 6. The first-order chi connectivity index (χ1) is 12.4. The number of hydrogen-bond acceptors (Lipinski definition) is 1. The van der Waals surface area contributed by atoms with Gasteiger partial charge in [-0.25, -0.2) is 9.98 Å². The Kier molecular flexibility index (Phi) is 5.99. The minimum Gasteiger partial charge on any atom is -0.228 e. The fourth-order valence-corrected chi connectivity index (χ4v) is 2.49. The highest BCUT2D eigenvalue weighted by molar-refractivity contribution is 6.34. The monoisotopic (exact) mass is 406 g/mol. The van der Waals surface area contributed by atoms with E-state index < -0.39 is 23.9 Å². The van der Waals surface area contributed by atoms with Gasteiger partial charge in [0.25, 0.3) is 0 Å². The number of aliphatic imine (C=N–C) groups is 2. The molecular weight excluding hydrogens is 394 g/mol.